The first-order valence-electron chi connectivity index (χ1n) is 8.71. The van der Waals surface area contributed by atoms with Gasteiger partial charge >= 0.3 is 5.97 Å². The third-order valence-electron chi connectivity index (χ3n) is 3.94. The summed E-state index contributed by atoms with van der Waals surface area (Å²) in [5.41, 5.74) is 3.63. The van der Waals surface area contributed by atoms with Gasteiger partial charge in [0.25, 0.3) is 5.91 Å². The van der Waals surface area contributed by atoms with Crippen LogP contribution in [0, 0.1) is 5.82 Å². The third-order valence-corrected chi connectivity index (χ3v) is 4.43. The Bertz CT molecular complexity index is 1100. The normalized spacial score (nSPS) is 10.6. The predicted octanol–water partition coefficient (Wildman–Crippen LogP) is 4.58. The second-order valence-electron chi connectivity index (χ2n) is 6.02. The summed E-state index contributed by atoms with van der Waals surface area (Å²) in [5.74, 6) is -0.856. The molecule has 0 atom stereocenters. The first-order chi connectivity index (χ1) is 14.5. The molecule has 0 spiro atoms. The number of hydrogen-bond donors (Lipinski definition) is 1. The highest BCUT2D eigenvalue weighted by Crippen LogP contribution is 2.28. The number of carbonyl (C=O) groups excluding carboxylic acids is 2. The van der Waals surface area contributed by atoms with E-state index in [1.165, 1.54) is 37.6 Å². The molecule has 3 aromatic rings. The number of benzene rings is 3. The number of hydrazone groups is 1. The maximum Gasteiger partial charge on any atom is 0.343 e. The Morgan fingerprint density at radius 1 is 1.00 bits per heavy atom. The van der Waals surface area contributed by atoms with Crippen molar-refractivity contribution in [3.05, 3.63) is 93.7 Å². The maximum absolute atomic E-state index is 12.9. The molecule has 1 amide bonds. The summed E-state index contributed by atoms with van der Waals surface area (Å²) >= 11 is 3.31. The Morgan fingerprint density at radius 3 is 2.47 bits per heavy atom. The van der Waals surface area contributed by atoms with Crippen LogP contribution in [-0.2, 0) is 0 Å². The monoisotopic (exact) mass is 470 g/mol. The lowest BCUT2D eigenvalue weighted by Crippen LogP contribution is -2.17. The van der Waals surface area contributed by atoms with Crippen molar-refractivity contribution in [1.29, 1.82) is 0 Å². The molecule has 0 saturated heterocycles. The minimum absolute atomic E-state index is 0.245. The zero-order valence-electron chi connectivity index (χ0n) is 15.8. The molecule has 0 aliphatic heterocycles. The van der Waals surface area contributed by atoms with Gasteiger partial charge in [0.15, 0.2) is 11.5 Å². The van der Waals surface area contributed by atoms with E-state index in [1.807, 2.05) is 0 Å². The molecule has 0 fully saturated rings. The molecule has 152 valence electrons. The number of hydrogen-bond acceptors (Lipinski definition) is 5. The Hall–Kier alpha value is -3.52. The van der Waals surface area contributed by atoms with Crippen LogP contribution in [-0.4, -0.2) is 25.2 Å². The van der Waals surface area contributed by atoms with Gasteiger partial charge in [-0.2, -0.15) is 5.10 Å². The average molecular weight is 471 g/mol. The summed E-state index contributed by atoms with van der Waals surface area (Å²) in [6.45, 7) is 0. The van der Waals surface area contributed by atoms with Crippen molar-refractivity contribution in [2.45, 2.75) is 0 Å². The smallest absolute Gasteiger partial charge is 0.343 e. The standard InChI is InChI=1S/C22H16BrFN2O4/c1-29-20-11-14(13-25-26-21(27)15-6-8-18(24)9-7-15)5-10-19(20)30-22(28)16-3-2-4-17(23)12-16/h2-13H,1H3,(H,26,27)/b25-13+. The molecule has 30 heavy (non-hydrogen) atoms. The molecule has 0 saturated carbocycles. The van der Waals surface area contributed by atoms with Crippen molar-refractivity contribution >= 4 is 34.0 Å². The molecule has 1 N–H and O–H groups in total. The topological polar surface area (TPSA) is 77.0 Å². The number of rotatable bonds is 6. The average Bonchev–Trinajstić information content (AvgIpc) is 2.75. The van der Waals surface area contributed by atoms with E-state index in [-0.39, 0.29) is 11.3 Å². The van der Waals surface area contributed by atoms with E-state index in [1.54, 1.807) is 42.5 Å². The van der Waals surface area contributed by atoms with Gasteiger partial charge in [0.1, 0.15) is 5.82 Å². The Balaban J connectivity index is 1.67. The van der Waals surface area contributed by atoms with Crippen LogP contribution in [0.25, 0.3) is 0 Å². The zero-order chi connectivity index (χ0) is 21.5. The van der Waals surface area contributed by atoms with Crippen molar-refractivity contribution < 1.29 is 23.5 Å². The number of esters is 1. The third kappa shape index (κ3) is 5.51. The highest BCUT2D eigenvalue weighted by molar-refractivity contribution is 9.10. The molecule has 0 heterocycles. The number of nitrogens with one attached hydrogen (secondary N) is 1. The highest BCUT2D eigenvalue weighted by Gasteiger charge is 2.13. The number of methoxy groups -OCH3 is 1. The minimum Gasteiger partial charge on any atom is -0.493 e. The Kier molecular flexibility index (Phi) is 6.92. The van der Waals surface area contributed by atoms with E-state index in [0.29, 0.717) is 16.9 Å². The molecular formula is C22H16BrFN2O4. The fraction of sp³-hybridized carbons (Fsp3) is 0.0455. The highest BCUT2D eigenvalue weighted by atomic mass is 79.9. The predicted molar refractivity (Wildman–Crippen MR) is 114 cm³/mol. The summed E-state index contributed by atoms with van der Waals surface area (Å²) in [6, 6.07) is 16.8. The van der Waals surface area contributed by atoms with E-state index < -0.39 is 17.7 Å². The quantitative estimate of drug-likeness (QED) is 0.247. The van der Waals surface area contributed by atoms with E-state index in [4.69, 9.17) is 9.47 Å². The van der Waals surface area contributed by atoms with E-state index >= 15 is 0 Å². The van der Waals surface area contributed by atoms with Gasteiger partial charge in [0.05, 0.1) is 18.9 Å². The van der Waals surface area contributed by atoms with Gasteiger partial charge in [0.2, 0.25) is 0 Å². The molecule has 0 aromatic heterocycles. The fourth-order valence-corrected chi connectivity index (χ4v) is 2.85. The van der Waals surface area contributed by atoms with E-state index in [0.717, 1.165) is 4.47 Å². The molecule has 0 bridgehead atoms. The largest absolute Gasteiger partial charge is 0.493 e. The van der Waals surface area contributed by atoms with Crippen LogP contribution in [0.4, 0.5) is 4.39 Å². The van der Waals surface area contributed by atoms with E-state index in [9.17, 15) is 14.0 Å². The lowest BCUT2D eigenvalue weighted by molar-refractivity contribution is 0.0729. The van der Waals surface area contributed by atoms with Gasteiger partial charge in [0, 0.05) is 10.0 Å². The maximum atomic E-state index is 12.9. The van der Waals surface area contributed by atoms with Crippen LogP contribution in [0.3, 0.4) is 0 Å². The second-order valence-corrected chi connectivity index (χ2v) is 6.93. The molecule has 8 heteroatoms. The van der Waals surface area contributed by atoms with Gasteiger partial charge in [-0.15, -0.1) is 0 Å². The Labute approximate surface area is 180 Å². The molecule has 3 rings (SSSR count). The van der Waals surface area contributed by atoms with E-state index in [2.05, 4.69) is 26.5 Å². The summed E-state index contributed by atoms with van der Waals surface area (Å²) in [4.78, 5) is 24.3. The molecule has 0 unspecified atom stereocenters. The second kappa shape index (κ2) is 9.80. The van der Waals surface area contributed by atoms with Gasteiger partial charge in [-0.1, -0.05) is 22.0 Å². The summed E-state index contributed by atoms with van der Waals surface area (Å²) < 4.78 is 24.4. The lowest BCUT2D eigenvalue weighted by atomic mass is 10.2. The fourth-order valence-electron chi connectivity index (χ4n) is 2.45. The lowest BCUT2D eigenvalue weighted by Gasteiger charge is -2.10. The van der Waals surface area contributed by atoms with Crippen molar-refractivity contribution in [3.8, 4) is 11.5 Å². The van der Waals surface area contributed by atoms with Gasteiger partial charge in [-0.25, -0.2) is 14.6 Å². The van der Waals surface area contributed by atoms with Crippen LogP contribution >= 0.6 is 15.9 Å². The molecule has 0 aliphatic rings. The van der Waals surface area contributed by atoms with Gasteiger partial charge in [-0.3, -0.25) is 4.79 Å². The molecule has 0 radical (unpaired) electrons. The van der Waals surface area contributed by atoms with Crippen LogP contribution < -0.4 is 14.9 Å². The number of amides is 1. The van der Waals surface area contributed by atoms with Crippen LogP contribution in [0.2, 0.25) is 0 Å². The zero-order valence-corrected chi connectivity index (χ0v) is 17.4. The van der Waals surface area contributed by atoms with Crippen molar-refractivity contribution in [2.24, 2.45) is 5.10 Å². The van der Waals surface area contributed by atoms with Crippen molar-refractivity contribution in [1.82, 2.24) is 5.43 Å². The van der Waals surface area contributed by atoms with Crippen molar-refractivity contribution in [2.75, 3.05) is 7.11 Å². The van der Waals surface area contributed by atoms with Crippen LogP contribution in [0.5, 0.6) is 11.5 Å². The first-order valence-corrected chi connectivity index (χ1v) is 9.50. The van der Waals surface area contributed by atoms with Crippen molar-refractivity contribution in [3.63, 3.8) is 0 Å². The van der Waals surface area contributed by atoms with Gasteiger partial charge in [-0.05, 0) is 66.2 Å². The minimum atomic E-state index is -0.525. The van der Waals surface area contributed by atoms with Crippen LogP contribution in [0.1, 0.15) is 26.3 Å². The Morgan fingerprint density at radius 2 is 1.77 bits per heavy atom. The summed E-state index contributed by atoms with van der Waals surface area (Å²) in [6.07, 6.45) is 1.41. The van der Waals surface area contributed by atoms with Gasteiger partial charge < -0.3 is 9.47 Å². The molecule has 6 nitrogen and oxygen atoms in total. The molecular weight excluding hydrogens is 455 g/mol. The number of halogens is 2. The first kappa shape index (κ1) is 21.2. The number of nitrogens with zero attached hydrogens (tertiary/aromatic N) is 1. The SMILES string of the molecule is COc1cc(/C=N/NC(=O)c2ccc(F)cc2)ccc1OC(=O)c1cccc(Br)c1. The molecule has 3 aromatic carbocycles. The molecule has 0 aliphatic carbocycles. The summed E-state index contributed by atoms with van der Waals surface area (Å²) in [5, 5.41) is 3.88. The number of ether oxygens (including phenoxy) is 2. The summed E-state index contributed by atoms with van der Waals surface area (Å²) in [7, 11) is 1.45. The number of carbonyl (C=O) groups is 2. The van der Waals surface area contributed by atoms with Crippen LogP contribution in [0.15, 0.2) is 76.3 Å².